The molecule has 1 saturated heterocycles. The van der Waals surface area contributed by atoms with Gasteiger partial charge in [-0.15, -0.1) is 0 Å². The van der Waals surface area contributed by atoms with Gasteiger partial charge in [-0.2, -0.15) is 5.26 Å². The zero-order chi connectivity index (χ0) is 19.9. The maximum atomic E-state index is 10.4. The summed E-state index contributed by atoms with van der Waals surface area (Å²) < 4.78 is 5.51. The largest absolute Gasteiger partial charge is 1.00 e. The van der Waals surface area contributed by atoms with Crippen LogP contribution in [0.1, 0.15) is 0 Å². The van der Waals surface area contributed by atoms with E-state index in [-0.39, 0.29) is 24.0 Å². The summed E-state index contributed by atoms with van der Waals surface area (Å²) in [5, 5.41) is 14.8. The molecule has 1 aliphatic heterocycles. The highest BCUT2D eigenvalue weighted by atomic mass is 127. The van der Waals surface area contributed by atoms with E-state index in [1.54, 1.807) is 0 Å². The molecule has 0 saturated carbocycles. The van der Waals surface area contributed by atoms with E-state index >= 15 is 0 Å². The van der Waals surface area contributed by atoms with Gasteiger partial charge in [-0.25, -0.2) is 0 Å². The first-order valence-electron chi connectivity index (χ1n) is 9.86. The second-order valence-electron chi connectivity index (χ2n) is 6.95. The molecular formula is C25H24IN2OP. The van der Waals surface area contributed by atoms with Gasteiger partial charge >= 0.3 is 0 Å². The Kier molecular flexibility index (Phi) is 8.04. The van der Waals surface area contributed by atoms with Crippen molar-refractivity contribution in [2.24, 2.45) is 0 Å². The van der Waals surface area contributed by atoms with Crippen LogP contribution in [0.2, 0.25) is 0 Å². The third-order valence-electron chi connectivity index (χ3n) is 5.26. The van der Waals surface area contributed by atoms with Crippen LogP contribution >= 0.6 is 7.26 Å². The Labute approximate surface area is 196 Å². The summed E-state index contributed by atoms with van der Waals surface area (Å²) in [5.41, 5.74) is 0. The van der Waals surface area contributed by atoms with Crippen molar-refractivity contribution >= 4 is 23.2 Å². The average Bonchev–Trinajstić information content (AvgIpc) is 2.82. The van der Waals surface area contributed by atoms with Gasteiger partial charge in [0, 0.05) is 13.1 Å². The fraction of sp³-hybridized carbons (Fsp3) is 0.160. The average molecular weight is 526 g/mol. The van der Waals surface area contributed by atoms with Crippen LogP contribution in [0.15, 0.2) is 103 Å². The molecule has 0 radical (unpaired) electrons. The molecule has 0 unspecified atom stereocenters. The molecular weight excluding hydrogens is 502 g/mol. The molecule has 0 aliphatic carbocycles. The van der Waals surface area contributed by atoms with E-state index < -0.39 is 7.26 Å². The maximum Gasteiger partial charge on any atom is 0.201 e. The molecule has 0 N–H and O–H groups in total. The van der Waals surface area contributed by atoms with E-state index in [1.165, 1.54) is 15.9 Å². The van der Waals surface area contributed by atoms with Crippen LogP contribution in [0.3, 0.4) is 0 Å². The van der Waals surface area contributed by atoms with Gasteiger partial charge in [-0.05, 0) is 36.4 Å². The van der Waals surface area contributed by atoms with Gasteiger partial charge in [0.25, 0.3) is 0 Å². The Morgan fingerprint density at radius 2 is 1.17 bits per heavy atom. The summed E-state index contributed by atoms with van der Waals surface area (Å²) in [6.45, 7) is 3.01. The Hall–Kier alpha value is -2.19. The van der Waals surface area contributed by atoms with E-state index in [4.69, 9.17) is 4.74 Å². The van der Waals surface area contributed by atoms with E-state index in [0.29, 0.717) is 13.2 Å². The van der Waals surface area contributed by atoms with Crippen LogP contribution in [0, 0.1) is 11.3 Å². The number of hydrogen-bond acceptors (Lipinski definition) is 3. The Bertz CT molecular complexity index is 901. The minimum absolute atomic E-state index is 0. The van der Waals surface area contributed by atoms with Crippen molar-refractivity contribution < 1.29 is 28.7 Å². The smallest absolute Gasteiger partial charge is 0.201 e. The number of nitriles is 1. The van der Waals surface area contributed by atoms with Crippen molar-refractivity contribution in [2.45, 2.75) is 0 Å². The molecule has 0 bridgehead atoms. The lowest BCUT2D eigenvalue weighted by Gasteiger charge is -2.30. The van der Waals surface area contributed by atoms with Crippen LogP contribution in [-0.4, -0.2) is 31.2 Å². The van der Waals surface area contributed by atoms with Crippen molar-refractivity contribution in [3.8, 4) is 6.07 Å². The summed E-state index contributed by atoms with van der Waals surface area (Å²) in [7, 11) is -2.31. The standard InChI is InChI=1S/C25H24N2OP.HI/c26-20-25(21-27-16-18-28-19-17-27)29(22-10-4-1-5-11-22,23-12-6-2-7-13-23)24-14-8-3-9-15-24;/h1-15,21H,16-19H2;1H/q+1;/p-1/b25-21-;. The molecule has 152 valence electrons. The predicted molar refractivity (Wildman–Crippen MR) is 121 cm³/mol. The lowest BCUT2D eigenvalue weighted by molar-refractivity contribution is -0.00000694. The summed E-state index contributed by atoms with van der Waals surface area (Å²) in [4.78, 5) is 2.23. The molecule has 1 aliphatic rings. The second-order valence-corrected chi connectivity index (χ2v) is 10.3. The lowest BCUT2D eigenvalue weighted by atomic mass is 10.3. The van der Waals surface area contributed by atoms with Gasteiger partial charge in [0.1, 0.15) is 22.0 Å². The van der Waals surface area contributed by atoms with Gasteiger partial charge in [-0.3, -0.25) is 0 Å². The van der Waals surface area contributed by atoms with Crippen molar-refractivity contribution in [2.75, 3.05) is 26.3 Å². The Morgan fingerprint density at radius 1 is 0.767 bits per heavy atom. The third kappa shape index (κ3) is 4.44. The molecule has 4 rings (SSSR count). The quantitative estimate of drug-likeness (QED) is 0.279. The number of benzene rings is 3. The predicted octanol–water partition coefficient (Wildman–Crippen LogP) is 0.682. The van der Waals surface area contributed by atoms with Crippen LogP contribution < -0.4 is 39.9 Å². The van der Waals surface area contributed by atoms with Crippen LogP contribution in [0.25, 0.3) is 0 Å². The number of allylic oxidation sites excluding steroid dienone is 1. The molecule has 0 amide bonds. The molecule has 0 atom stereocenters. The van der Waals surface area contributed by atoms with Crippen molar-refractivity contribution in [3.05, 3.63) is 103 Å². The number of halogens is 1. The first kappa shape index (κ1) is 22.5. The highest BCUT2D eigenvalue weighted by Crippen LogP contribution is 2.62. The molecule has 1 heterocycles. The maximum absolute atomic E-state index is 10.4. The van der Waals surface area contributed by atoms with E-state index in [0.717, 1.165) is 18.4 Å². The summed E-state index contributed by atoms with van der Waals surface area (Å²) >= 11 is 0. The number of morpholine rings is 1. The number of nitrogens with zero attached hydrogens (tertiary/aromatic N) is 2. The summed E-state index contributed by atoms with van der Waals surface area (Å²) in [6.07, 6.45) is 2.09. The van der Waals surface area contributed by atoms with Gasteiger partial charge < -0.3 is 33.6 Å². The SMILES string of the molecule is N#C/C(=C/N1CCOCC1)[P+](c1ccccc1)(c1ccccc1)c1ccccc1.[I-]. The zero-order valence-corrected chi connectivity index (χ0v) is 19.7. The van der Waals surface area contributed by atoms with Crippen molar-refractivity contribution in [1.29, 1.82) is 5.26 Å². The molecule has 0 aromatic heterocycles. The number of rotatable bonds is 5. The highest BCUT2D eigenvalue weighted by Gasteiger charge is 2.50. The molecule has 1 fully saturated rings. The number of ether oxygens (including phenoxy) is 1. The normalized spacial score (nSPS) is 14.5. The minimum Gasteiger partial charge on any atom is -1.00 e. The van der Waals surface area contributed by atoms with Gasteiger partial charge in [0.15, 0.2) is 7.26 Å². The Morgan fingerprint density at radius 3 is 1.53 bits per heavy atom. The first-order chi connectivity index (χ1) is 14.4. The van der Waals surface area contributed by atoms with Crippen LogP contribution in [0.4, 0.5) is 0 Å². The molecule has 3 aromatic rings. The first-order valence-corrected chi connectivity index (χ1v) is 11.6. The zero-order valence-electron chi connectivity index (χ0n) is 16.7. The van der Waals surface area contributed by atoms with Crippen LogP contribution in [-0.2, 0) is 4.74 Å². The van der Waals surface area contributed by atoms with E-state index in [2.05, 4.69) is 90.0 Å². The second kappa shape index (κ2) is 10.7. The van der Waals surface area contributed by atoms with Gasteiger partial charge in [0.05, 0.1) is 19.4 Å². The minimum atomic E-state index is -2.31. The third-order valence-corrected chi connectivity index (χ3v) is 9.41. The molecule has 0 spiro atoms. The fourth-order valence-electron chi connectivity index (χ4n) is 3.89. The van der Waals surface area contributed by atoms with Crippen LogP contribution in [0.5, 0.6) is 0 Å². The molecule has 30 heavy (non-hydrogen) atoms. The van der Waals surface area contributed by atoms with Gasteiger partial charge in [0.2, 0.25) is 5.31 Å². The lowest BCUT2D eigenvalue weighted by Crippen LogP contribution is -3.00. The fourth-order valence-corrected chi connectivity index (χ4v) is 7.96. The molecule has 3 aromatic carbocycles. The molecule has 3 nitrogen and oxygen atoms in total. The van der Waals surface area contributed by atoms with Crippen molar-refractivity contribution in [3.63, 3.8) is 0 Å². The monoisotopic (exact) mass is 526 g/mol. The van der Waals surface area contributed by atoms with Gasteiger partial charge in [-0.1, -0.05) is 54.6 Å². The van der Waals surface area contributed by atoms with E-state index in [1.807, 2.05) is 18.2 Å². The topological polar surface area (TPSA) is 36.3 Å². The molecule has 5 heteroatoms. The number of hydrogen-bond donors (Lipinski definition) is 0. The Balaban J connectivity index is 0.00000256. The summed E-state index contributed by atoms with van der Waals surface area (Å²) in [6, 6.07) is 34.1. The highest BCUT2D eigenvalue weighted by molar-refractivity contribution is 7.99. The van der Waals surface area contributed by atoms with E-state index in [9.17, 15) is 5.26 Å². The van der Waals surface area contributed by atoms with Crippen molar-refractivity contribution in [1.82, 2.24) is 4.90 Å². The summed E-state index contributed by atoms with van der Waals surface area (Å²) in [5.74, 6) is 0.